The molecule has 0 aliphatic carbocycles. The third-order valence-electron chi connectivity index (χ3n) is 4.65. The van der Waals surface area contributed by atoms with Crippen molar-refractivity contribution in [2.75, 3.05) is 38.6 Å². The Kier molecular flexibility index (Phi) is 5.65. The van der Waals surface area contributed by atoms with Crippen LogP contribution in [-0.4, -0.2) is 64.6 Å². The van der Waals surface area contributed by atoms with Crippen LogP contribution in [0.25, 0.3) is 10.1 Å². The minimum absolute atomic E-state index is 0.0333. The second-order valence-corrected chi connectivity index (χ2v) is 7.12. The van der Waals surface area contributed by atoms with Crippen molar-refractivity contribution in [1.29, 1.82) is 0 Å². The number of amides is 2. The van der Waals surface area contributed by atoms with Gasteiger partial charge in [-0.25, -0.2) is 4.79 Å². The van der Waals surface area contributed by atoms with E-state index >= 15 is 0 Å². The van der Waals surface area contributed by atoms with E-state index in [0.29, 0.717) is 6.04 Å². The number of aliphatic hydroxyl groups excluding tert-OH is 1. The molecule has 1 aliphatic rings. The molecule has 2 heterocycles. The van der Waals surface area contributed by atoms with Gasteiger partial charge in [0.15, 0.2) is 0 Å². The van der Waals surface area contributed by atoms with E-state index in [1.807, 2.05) is 29.3 Å². The fourth-order valence-corrected chi connectivity index (χ4v) is 3.79. The van der Waals surface area contributed by atoms with Gasteiger partial charge in [-0.15, -0.1) is 0 Å². The first kappa shape index (κ1) is 17.1. The second-order valence-electron chi connectivity index (χ2n) is 6.28. The van der Waals surface area contributed by atoms with Crippen LogP contribution in [0.2, 0.25) is 0 Å². The van der Waals surface area contributed by atoms with Gasteiger partial charge >= 0.3 is 6.03 Å². The number of fused-ring (bicyclic) bond motifs is 1. The van der Waals surface area contributed by atoms with Crippen LogP contribution in [0.5, 0.6) is 0 Å². The first-order valence-corrected chi connectivity index (χ1v) is 9.16. The normalized spacial score (nSPS) is 16.0. The summed E-state index contributed by atoms with van der Waals surface area (Å²) in [5.74, 6) is 0. The number of carbonyl (C=O) groups excluding carboxylic acids is 1. The summed E-state index contributed by atoms with van der Waals surface area (Å²) in [6.07, 6.45) is 4.58. The number of hydrogen-bond donors (Lipinski definition) is 2. The summed E-state index contributed by atoms with van der Waals surface area (Å²) < 4.78 is 5.28. The lowest BCUT2D eigenvalue weighted by molar-refractivity contribution is 0.134. The SMILES string of the molecule is CN(CCCO)C1CCN(C(=O)Nc2ccc3sncc3c2)CC1. The van der Waals surface area contributed by atoms with Crippen LogP contribution >= 0.6 is 11.5 Å². The lowest BCUT2D eigenvalue weighted by Gasteiger charge is -2.36. The molecule has 2 amide bonds. The number of aliphatic hydroxyl groups is 1. The van der Waals surface area contributed by atoms with E-state index in [-0.39, 0.29) is 12.6 Å². The highest BCUT2D eigenvalue weighted by molar-refractivity contribution is 7.13. The highest BCUT2D eigenvalue weighted by Crippen LogP contribution is 2.23. The van der Waals surface area contributed by atoms with Crippen LogP contribution in [0.15, 0.2) is 24.4 Å². The lowest BCUT2D eigenvalue weighted by atomic mass is 10.0. The summed E-state index contributed by atoms with van der Waals surface area (Å²) >= 11 is 1.46. The van der Waals surface area contributed by atoms with Gasteiger partial charge in [-0.2, -0.15) is 4.37 Å². The Morgan fingerprint density at radius 2 is 2.25 bits per heavy atom. The lowest BCUT2D eigenvalue weighted by Crippen LogP contribution is -2.47. The fraction of sp³-hybridized carbons (Fsp3) is 0.529. The van der Waals surface area contributed by atoms with Gasteiger partial charge in [-0.3, -0.25) is 0 Å². The first-order chi connectivity index (χ1) is 11.7. The predicted molar refractivity (Wildman–Crippen MR) is 97.6 cm³/mol. The zero-order chi connectivity index (χ0) is 16.9. The molecular formula is C17H24N4O2S. The molecule has 0 saturated carbocycles. The summed E-state index contributed by atoms with van der Waals surface area (Å²) in [5.41, 5.74) is 0.815. The number of piperidine rings is 1. The molecule has 24 heavy (non-hydrogen) atoms. The van der Waals surface area contributed by atoms with Crippen LogP contribution in [0, 0.1) is 0 Å². The topological polar surface area (TPSA) is 68.7 Å². The van der Waals surface area contributed by atoms with Crippen molar-refractivity contribution in [1.82, 2.24) is 14.2 Å². The Balaban J connectivity index is 1.51. The molecule has 7 heteroatoms. The fourth-order valence-electron chi connectivity index (χ4n) is 3.17. The van der Waals surface area contributed by atoms with Gasteiger partial charge in [0, 0.05) is 49.6 Å². The molecule has 6 nitrogen and oxygen atoms in total. The number of urea groups is 1. The van der Waals surface area contributed by atoms with E-state index in [0.717, 1.165) is 54.7 Å². The molecule has 3 rings (SSSR count). The number of nitrogens with one attached hydrogen (secondary N) is 1. The van der Waals surface area contributed by atoms with E-state index < -0.39 is 0 Å². The second kappa shape index (κ2) is 7.92. The summed E-state index contributed by atoms with van der Waals surface area (Å²) in [6.45, 7) is 2.67. The van der Waals surface area contributed by atoms with Crippen LogP contribution in [0.3, 0.4) is 0 Å². The smallest absolute Gasteiger partial charge is 0.321 e. The van der Waals surface area contributed by atoms with E-state index in [2.05, 4.69) is 21.6 Å². The average molecular weight is 348 g/mol. The molecule has 1 aromatic heterocycles. The number of aromatic nitrogens is 1. The zero-order valence-electron chi connectivity index (χ0n) is 13.9. The minimum Gasteiger partial charge on any atom is -0.396 e. The standard InChI is InChI=1S/C17H24N4O2S/c1-20(7-2-10-22)15-5-8-21(9-6-15)17(23)19-14-3-4-16-13(11-14)12-18-24-16/h3-4,11-12,15,22H,2,5-10H2,1H3,(H,19,23). The molecule has 0 atom stereocenters. The molecule has 0 radical (unpaired) electrons. The first-order valence-electron chi connectivity index (χ1n) is 8.39. The number of anilines is 1. The van der Waals surface area contributed by atoms with Gasteiger partial charge in [0.1, 0.15) is 0 Å². The van der Waals surface area contributed by atoms with Crippen molar-refractivity contribution in [2.45, 2.75) is 25.3 Å². The maximum atomic E-state index is 12.4. The zero-order valence-corrected chi connectivity index (χ0v) is 14.8. The molecule has 2 N–H and O–H groups in total. The Bertz CT molecular complexity index is 682. The number of likely N-dealkylation sites (tertiary alicyclic amines) is 1. The number of nitrogens with zero attached hydrogens (tertiary/aromatic N) is 3. The van der Waals surface area contributed by atoms with Gasteiger partial charge in [-0.1, -0.05) is 0 Å². The Labute approximate surface area is 146 Å². The van der Waals surface area contributed by atoms with Crippen molar-refractivity contribution in [3.63, 3.8) is 0 Å². The van der Waals surface area contributed by atoms with Gasteiger partial charge in [-0.05, 0) is 56.0 Å². The van der Waals surface area contributed by atoms with Crippen molar-refractivity contribution in [2.24, 2.45) is 0 Å². The average Bonchev–Trinajstić information content (AvgIpc) is 3.07. The maximum absolute atomic E-state index is 12.4. The molecule has 2 aromatic rings. The quantitative estimate of drug-likeness (QED) is 0.871. The van der Waals surface area contributed by atoms with Crippen LogP contribution in [-0.2, 0) is 0 Å². The monoisotopic (exact) mass is 348 g/mol. The van der Waals surface area contributed by atoms with E-state index in [9.17, 15) is 4.79 Å². The largest absolute Gasteiger partial charge is 0.396 e. The maximum Gasteiger partial charge on any atom is 0.321 e. The summed E-state index contributed by atoms with van der Waals surface area (Å²) in [6, 6.07) is 6.34. The Hall–Kier alpha value is -1.70. The van der Waals surface area contributed by atoms with Crippen LogP contribution in [0.4, 0.5) is 10.5 Å². The Morgan fingerprint density at radius 3 is 3.00 bits per heavy atom. The molecule has 1 aliphatic heterocycles. The number of benzene rings is 1. The van der Waals surface area contributed by atoms with Crippen LogP contribution < -0.4 is 5.32 Å². The highest BCUT2D eigenvalue weighted by atomic mass is 32.1. The highest BCUT2D eigenvalue weighted by Gasteiger charge is 2.25. The third kappa shape index (κ3) is 4.03. The summed E-state index contributed by atoms with van der Waals surface area (Å²) in [5, 5.41) is 13.0. The summed E-state index contributed by atoms with van der Waals surface area (Å²) in [7, 11) is 2.10. The van der Waals surface area contributed by atoms with Gasteiger partial charge in [0.25, 0.3) is 0 Å². The van der Waals surface area contributed by atoms with Crippen molar-refractivity contribution < 1.29 is 9.90 Å². The molecule has 0 spiro atoms. The van der Waals surface area contributed by atoms with E-state index in [1.165, 1.54) is 11.5 Å². The molecule has 130 valence electrons. The van der Waals surface area contributed by atoms with E-state index in [1.54, 1.807) is 0 Å². The van der Waals surface area contributed by atoms with E-state index in [4.69, 9.17) is 5.11 Å². The molecular weight excluding hydrogens is 324 g/mol. The number of hydrogen-bond acceptors (Lipinski definition) is 5. The van der Waals surface area contributed by atoms with Gasteiger partial charge in [0.05, 0.1) is 4.70 Å². The number of rotatable bonds is 5. The van der Waals surface area contributed by atoms with Gasteiger partial charge < -0.3 is 20.2 Å². The minimum atomic E-state index is -0.0333. The molecule has 0 bridgehead atoms. The van der Waals surface area contributed by atoms with Gasteiger partial charge in [0.2, 0.25) is 0 Å². The number of carbonyl (C=O) groups is 1. The van der Waals surface area contributed by atoms with Crippen molar-refractivity contribution in [3.8, 4) is 0 Å². The van der Waals surface area contributed by atoms with Crippen LogP contribution in [0.1, 0.15) is 19.3 Å². The Morgan fingerprint density at radius 1 is 1.46 bits per heavy atom. The summed E-state index contributed by atoms with van der Waals surface area (Å²) in [4.78, 5) is 16.6. The van der Waals surface area contributed by atoms with Crippen molar-refractivity contribution >= 4 is 33.3 Å². The molecule has 1 fully saturated rings. The predicted octanol–water partition coefficient (Wildman–Crippen LogP) is 2.61. The molecule has 1 aromatic carbocycles. The molecule has 1 saturated heterocycles. The third-order valence-corrected chi connectivity index (χ3v) is 5.43. The van der Waals surface area contributed by atoms with Crippen molar-refractivity contribution in [3.05, 3.63) is 24.4 Å². The molecule has 0 unspecified atom stereocenters.